The van der Waals surface area contributed by atoms with Gasteiger partial charge in [-0.1, -0.05) is 97.1 Å². The first-order valence-electron chi connectivity index (χ1n) is 10.8. The van der Waals surface area contributed by atoms with Crippen LogP contribution in [0.5, 0.6) is 0 Å². The first kappa shape index (κ1) is 22.5. The summed E-state index contributed by atoms with van der Waals surface area (Å²) in [5.74, 6) is -0.317. The van der Waals surface area contributed by atoms with Gasteiger partial charge < -0.3 is 4.90 Å². The number of benzene rings is 4. The van der Waals surface area contributed by atoms with Gasteiger partial charge in [0, 0.05) is 18.7 Å². The minimum absolute atomic E-state index is 0.108. The van der Waals surface area contributed by atoms with Gasteiger partial charge in [0.1, 0.15) is 0 Å². The normalized spacial score (nSPS) is 11.2. The molecule has 0 aliphatic rings. The second-order valence-electron chi connectivity index (χ2n) is 7.90. The second kappa shape index (κ2) is 10.3. The molecule has 4 nitrogen and oxygen atoms in total. The van der Waals surface area contributed by atoms with Gasteiger partial charge in [-0.05, 0) is 34.9 Å². The zero-order valence-corrected chi connectivity index (χ0v) is 19.0. The van der Waals surface area contributed by atoms with Crippen LogP contribution in [0.1, 0.15) is 27.0 Å². The number of carbonyl (C=O) groups is 1. The van der Waals surface area contributed by atoms with E-state index in [-0.39, 0.29) is 16.6 Å². The number of hydrogen-bond acceptors (Lipinski definition) is 3. The van der Waals surface area contributed by atoms with Crippen molar-refractivity contribution in [2.24, 2.45) is 0 Å². The van der Waals surface area contributed by atoms with E-state index >= 15 is 0 Å². The summed E-state index contributed by atoms with van der Waals surface area (Å²) in [6, 6.07) is 35.0. The van der Waals surface area contributed by atoms with E-state index in [0.717, 1.165) is 11.1 Å². The van der Waals surface area contributed by atoms with E-state index in [1.54, 1.807) is 35.2 Å². The SMILES string of the molecule is O=C(c1cccc(S(=O)(=O)Cc2ccccc2)c1)N(Cc1ccccc1)Cc1ccccc1. The third kappa shape index (κ3) is 5.96. The molecule has 0 aliphatic heterocycles. The lowest BCUT2D eigenvalue weighted by Crippen LogP contribution is -2.30. The van der Waals surface area contributed by atoms with Gasteiger partial charge in [0.15, 0.2) is 9.84 Å². The van der Waals surface area contributed by atoms with Crippen molar-refractivity contribution in [1.29, 1.82) is 0 Å². The van der Waals surface area contributed by atoms with Crippen LogP contribution >= 0.6 is 0 Å². The van der Waals surface area contributed by atoms with Crippen molar-refractivity contribution in [3.05, 3.63) is 138 Å². The Bertz CT molecular complexity index is 1260. The Labute approximate surface area is 195 Å². The summed E-state index contributed by atoms with van der Waals surface area (Å²) in [7, 11) is -3.58. The van der Waals surface area contributed by atoms with E-state index < -0.39 is 9.84 Å². The summed E-state index contributed by atoms with van der Waals surface area (Å²) in [6.45, 7) is 0.852. The summed E-state index contributed by atoms with van der Waals surface area (Å²) >= 11 is 0. The maximum Gasteiger partial charge on any atom is 0.254 e. The average molecular weight is 456 g/mol. The van der Waals surface area contributed by atoms with Crippen LogP contribution in [0.3, 0.4) is 0 Å². The van der Waals surface area contributed by atoms with Crippen molar-refractivity contribution in [3.8, 4) is 0 Å². The minimum atomic E-state index is -3.58. The molecular weight excluding hydrogens is 430 g/mol. The van der Waals surface area contributed by atoms with Gasteiger partial charge in [-0.15, -0.1) is 0 Å². The third-order valence-corrected chi connectivity index (χ3v) is 7.04. The van der Waals surface area contributed by atoms with Gasteiger partial charge >= 0.3 is 0 Å². The predicted molar refractivity (Wildman–Crippen MR) is 130 cm³/mol. The Hall–Kier alpha value is -3.70. The molecule has 0 heterocycles. The zero-order chi connectivity index (χ0) is 23.1. The summed E-state index contributed by atoms with van der Waals surface area (Å²) in [4.78, 5) is 15.4. The third-order valence-electron chi connectivity index (χ3n) is 5.36. The fourth-order valence-corrected chi connectivity index (χ4v) is 5.08. The number of nitrogens with zero attached hydrogens (tertiary/aromatic N) is 1. The highest BCUT2D eigenvalue weighted by Gasteiger charge is 2.21. The topological polar surface area (TPSA) is 54.5 Å². The molecule has 4 aromatic rings. The van der Waals surface area contributed by atoms with Crippen LogP contribution in [0, 0.1) is 0 Å². The van der Waals surface area contributed by atoms with E-state index in [1.165, 1.54) is 6.07 Å². The van der Waals surface area contributed by atoms with Gasteiger partial charge in [0.05, 0.1) is 10.6 Å². The van der Waals surface area contributed by atoms with Crippen LogP contribution in [0.25, 0.3) is 0 Å². The summed E-state index contributed by atoms with van der Waals surface area (Å²) < 4.78 is 26.0. The summed E-state index contributed by atoms with van der Waals surface area (Å²) in [5.41, 5.74) is 3.09. The maximum absolute atomic E-state index is 13.5. The molecular formula is C28H25NO3S. The second-order valence-corrected chi connectivity index (χ2v) is 9.89. The molecule has 33 heavy (non-hydrogen) atoms. The van der Waals surface area contributed by atoms with Gasteiger partial charge in [-0.3, -0.25) is 4.79 Å². The van der Waals surface area contributed by atoms with Gasteiger partial charge in [-0.2, -0.15) is 0 Å². The molecule has 0 unspecified atom stereocenters. The smallest absolute Gasteiger partial charge is 0.254 e. The molecule has 4 rings (SSSR count). The summed E-state index contributed by atoms with van der Waals surface area (Å²) in [6.07, 6.45) is 0. The molecule has 0 atom stereocenters. The fraction of sp³-hybridized carbons (Fsp3) is 0.107. The zero-order valence-electron chi connectivity index (χ0n) is 18.2. The lowest BCUT2D eigenvalue weighted by Gasteiger charge is -2.23. The lowest BCUT2D eigenvalue weighted by molar-refractivity contribution is 0.0729. The van der Waals surface area contributed by atoms with Crippen molar-refractivity contribution in [1.82, 2.24) is 4.90 Å². The van der Waals surface area contributed by atoms with Crippen molar-refractivity contribution in [3.63, 3.8) is 0 Å². The number of hydrogen-bond donors (Lipinski definition) is 0. The molecule has 0 fully saturated rings. The molecule has 0 aromatic heterocycles. The molecule has 4 aromatic carbocycles. The van der Waals surface area contributed by atoms with Crippen LogP contribution < -0.4 is 0 Å². The van der Waals surface area contributed by atoms with Crippen LogP contribution in [0.2, 0.25) is 0 Å². The molecule has 5 heteroatoms. The fourth-order valence-electron chi connectivity index (χ4n) is 3.69. The Morgan fingerprint density at radius 2 is 1.09 bits per heavy atom. The van der Waals surface area contributed by atoms with Gasteiger partial charge in [-0.25, -0.2) is 8.42 Å². The van der Waals surface area contributed by atoms with Crippen LogP contribution in [-0.4, -0.2) is 19.2 Å². The van der Waals surface area contributed by atoms with E-state index in [4.69, 9.17) is 0 Å². The number of carbonyl (C=O) groups excluding carboxylic acids is 1. The molecule has 0 spiro atoms. The largest absolute Gasteiger partial charge is 0.330 e. The van der Waals surface area contributed by atoms with E-state index in [2.05, 4.69) is 0 Å². The van der Waals surface area contributed by atoms with Crippen molar-refractivity contribution >= 4 is 15.7 Å². The molecule has 0 radical (unpaired) electrons. The monoisotopic (exact) mass is 455 g/mol. The molecule has 0 saturated heterocycles. The Balaban J connectivity index is 1.62. The highest BCUT2D eigenvalue weighted by Crippen LogP contribution is 2.20. The summed E-state index contributed by atoms with van der Waals surface area (Å²) in [5, 5.41) is 0. The minimum Gasteiger partial charge on any atom is -0.330 e. The average Bonchev–Trinajstić information content (AvgIpc) is 2.85. The highest BCUT2D eigenvalue weighted by atomic mass is 32.2. The first-order valence-corrected chi connectivity index (χ1v) is 12.4. The lowest BCUT2D eigenvalue weighted by atomic mass is 10.1. The molecule has 0 N–H and O–H groups in total. The van der Waals surface area contributed by atoms with Gasteiger partial charge in [0.25, 0.3) is 5.91 Å². The van der Waals surface area contributed by atoms with Crippen molar-refractivity contribution in [2.75, 3.05) is 0 Å². The Morgan fingerprint density at radius 3 is 1.61 bits per heavy atom. The first-order chi connectivity index (χ1) is 16.0. The number of amides is 1. The maximum atomic E-state index is 13.5. The van der Waals surface area contributed by atoms with Crippen molar-refractivity contribution in [2.45, 2.75) is 23.7 Å². The molecule has 166 valence electrons. The Kier molecular flexibility index (Phi) is 7.01. The quantitative estimate of drug-likeness (QED) is 0.352. The van der Waals surface area contributed by atoms with E-state index in [1.807, 2.05) is 78.9 Å². The molecule has 0 saturated carbocycles. The van der Waals surface area contributed by atoms with Crippen LogP contribution in [-0.2, 0) is 28.7 Å². The molecule has 0 bridgehead atoms. The standard InChI is InChI=1S/C28H25NO3S/c30-28(29(20-23-11-4-1-5-12-23)21-24-13-6-2-7-14-24)26-17-10-18-27(19-26)33(31,32)22-25-15-8-3-9-16-25/h1-19H,20-22H2. The predicted octanol–water partition coefficient (Wildman–Crippen LogP) is 5.50. The van der Waals surface area contributed by atoms with Crippen LogP contribution in [0.4, 0.5) is 0 Å². The highest BCUT2D eigenvalue weighted by molar-refractivity contribution is 7.90. The van der Waals surface area contributed by atoms with E-state index in [9.17, 15) is 13.2 Å². The van der Waals surface area contributed by atoms with Crippen molar-refractivity contribution < 1.29 is 13.2 Å². The number of rotatable bonds is 8. The van der Waals surface area contributed by atoms with Crippen LogP contribution in [0.15, 0.2) is 120 Å². The Morgan fingerprint density at radius 1 is 0.606 bits per heavy atom. The molecule has 0 aliphatic carbocycles. The van der Waals surface area contributed by atoms with Gasteiger partial charge in [0.2, 0.25) is 0 Å². The molecule has 1 amide bonds. The van der Waals surface area contributed by atoms with E-state index in [0.29, 0.717) is 24.2 Å². The number of sulfone groups is 1.